The molecule has 1 aliphatic heterocycles. The number of hydrogen-bond donors (Lipinski definition) is 0. The van der Waals surface area contributed by atoms with E-state index in [9.17, 15) is 0 Å². The van der Waals surface area contributed by atoms with E-state index >= 15 is 0 Å². The summed E-state index contributed by atoms with van der Waals surface area (Å²) in [7, 11) is -0.159. The Labute approximate surface area is 130 Å². The molecule has 1 nitrogen and oxygen atoms in total. The van der Waals surface area contributed by atoms with E-state index in [0.29, 0.717) is 0 Å². The fourth-order valence-electron chi connectivity index (χ4n) is 2.36. The van der Waals surface area contributed by atoms with Crippen LogP contribution in [-0.2, 0) is 21.8 Å². The van der Waals surface area contributed by atoms with Gasteiger partial charge >= 0.3 is 0 Å². The standard InChI is InChI=1S/C18H14NS2/c1-3-9-15(10-4-1)20-17-13-7-8-14-18(17)21(19-20)16-11-5-2-6-12-16/h1-14H/q+1. The normalized spacial score (nSPS) is 19.8. The SMILES string of the molecule is c1ccc(S2=N[S+](c3ccccc3)c3ccccc32)cc1. The molecule has 0 saturated carbocycles. The molecule has 0 aliphatic carbocycles. The summed E-state index contributed by atoms with van der Waals surface area (Å²) in [6.07, 6.45) is 0. The molecule has 3 aromatic rings. The third kappa shape index (κ3) is 2.33. The molecule has 0 radical (unpaired) electrons. The molecular formula is C18H14NS2+. The summed E-state index contributed by atoms with van der Waals surface area (Å²) in [5, 5.41) is 0. The fraction of sp³-hybridized carbons (Fsp3) is 0. The second-order valence-electron chi connectivity index (χ2n) is 4.72. The van der Waals surface area contributed by atoms with E-state index < -0.39 is 0 Å². The van der Waals surface area contributed by atoms with Crippen LogP contribution < -0.4 is 0 Å². The maximum atomic E-state index is 5.15. The highest BCUT2D eigenvalue weighted by atomic mass is 32.3. The highest BCUT2D eigenvalue weighted by molar-refractivity contribution is 8.06. The summed E-state index contributed by atoms with van der Waals surface area (Å²) in [5.74, 6) is 0. The molecule has 0 amide bonds. The largest absolute Gasteiger partial charge is 0.212 e. The highest BCUT2D eigenvalue weighted by Gasteiger charge is 2.37. The highest BCUT2D eigenvalue weighted by Crippen LogP contribution is 2.39. The van der Waals surface area contributed by atoms with Crippen LogP contribution in [-0.4, -0.2) is 0 Å². The van der Waals surface area contributed by atoms with Gasteiger partial charge in [0.25, 0.3) is 0 Å². The summed E-state index contributed by atoms with van der Waals surface area (Å²) >= 11 is -0.159. The molecule has 21 heavy (non-hydrogen) atoms. The van der Waals surface area contributed by atoms with Gasteiger partial charge in [0.15, 0.2) is 4.90 Å². The third-order valence-electron chi connectivity index (χ3n) is 3.35. The molecule has 0 bridgehead atoms. The van der Waals surface area contributed by atoms with Crippen LogP contribution in [0.25, 0.3) is 0 Å². The minimum Gasteiger partial charge on any atom is -0.0622 e. The Balaban J connectivity index is 1.89. The first-order valence-corrected chi connectivity index (χ1v) is 9.19. The van der Waals surface area contributed by atoms with E-state index in [2.05, 4.69) is 84.9 Å². The molecule has 4 rings (SSSR count). The van der Waals surface area contributed by atoms with Gasteiger partial charge in [-0.1, -0.05) is 48.5 Å². The van der Waals surface area contributed by atoms with E-state index in [0.717, 1.165) is 0 Å². The van der Waals surface area contributed by atoms with Crippen LogP contribution in [0.2, 0.25) is 0 Å². The lowest BCUT2D eigenvalue weighted by Gasteiger charge is -1.99. The first kappa shape index (κ1) is 12.9. The topological polar surface area (TPSA) is 12.4 Å². The van der Waals surface area contributed by atoms with E-state index in [4.69, 9.17) is 3.77 Å². The van der Waals surface area contributed by atoms with E-state index in [-0.39, 0.29) is 21.8 Å². The molecule has 0 N–H and O–H groups in total. The second-order valence-corrected chi connectivity index (χ2v) is 8.27. The van der Waals surface area contributed by atoms with E-state index in [1.165, 1.54) is 19.6 Å². The average Bonchev–Trinajstić information content (AvgIpc) is 2.96. The molecular weight excluding hydrogens is 294 g/mol. The minimum absolute atomic E-state index is 0.159. The van der Waals surface area contributed by atoms with Gasteiger partial charge in [-0.05, 0) is 40.2 Å². The zero-order chi connectivity index (χ0) is 14.1. The Morgan fingerprint density at radius 1 is 0.667 bits per heavy atom. The molecule has 1 heterocycles. The van der Waals surface area contributed by atoms with Gasteiger partial charge in [0.2, 0.25) is 16.0 Å². The average molecular weight is 308 g/mol. The summed E-state index contributed by atoms with van der Waals surface area (Å²) in [6.45, 7) is 0. The predicted molar refractivity (Wildman–Crippen MR) is 89.5 cm³/mol. The quantitative estimate of drug-likeness (QED) is 0.599. The van der Waals surface area contributed by atoms with Crippen molar-refractivity contribution in [3.63, 3.8) is 0 Å². The van der Waals surface area contributed by atoms with Crippen molar-refractivity contribution in [2.75, 3.05) is 0 Å². The van der Waals surface area contributed by atoms with Crippen LogP contribution in [0.15, 0.2) is 108 Å². The number of fused-ring (bicyclic) bond motifs is 1. The zero-order valence-electron chi connectivity index (χ0n) is 11.3. The Hall–Kier alpha value is -1.84. The Bertz CT molecular complexity index is 798. The van der Waals surface area contributed by atoms with Gasteiger partial charge in [0.05, 0.1) is 4.90 Å². The monoisotopic (exact) mass is 308 g/mol. The van der Waals surface area contributed by atoms with Crippen LogP contribution in [0.5, 0.6) is 0 Å². The lowest BCUT2D eigenvalue weighted by atomic mass is 10.4. The van der Waals surface area contributed by atoms with Gasteiger partial charge in [-0.3, -0.25) is 0 Å². The second kappa shape index (κ2) is 5.51. The predicted octanol–water partition coefficient (Wildman–Crippen LogP) is 4.87. The van der Waals surface area contributed by atoms with Crippen LogP contribution in [0.3, 0.4) is 0 Å². The van der Waals surface area contributed by atoms with Crippen molar-refractivity contribution in [1.29, 1.82) is 0 Å². The van der Waals surface area contributed by atoms with Crippen LogP contribution in [0.4, 0.5) is 0 Å². The number of hydrogen-bond acceptors (Lipinski definition) is 1. The molecule has 0 fully saturated rings. The minimum atomic E-state index is -0.159. The molecule has 0 saturated heterocycles. The van der Waals surface area contributed by atoms with E-state index in [1.807, 2.05) is 0 Å². The maximum Gasteiger partial charge on any atom is 0.212 e. The first-order chi connectivity index (χ1) is 10.4. The number of benzene rings is 3. The van der Waals surface area contributed by atoms with Crippen LogP contribution >= 0.6 is 0 Å². The molecule has 2 unspecified atom stereocenters. The molecule has 0 aromatic heterocycles. The van der Waals surface area contributed by atoms with E-state index in [1.54, 1.807) is 0 Å². The van der Waals surface area contributed by atoms with Crippen molar-refractivity contribution in [2.45, 2.75) is 19.6 Å². The third-order valence-corrected chi connectivity index (χ3v) is 7.65. The lowest BCUT2D eigenvalue weighted by Crippen LogP contribution is -1.95. The first-order valence-electron chi connectivity index (χ1n) is 6.83. The van der Waals surface area contributed by atoms with Crippen LogP contribution in [0.1, 0.15) is 0 Å². The van der Waals surface area contributed by atoms with Gasteiger partial charge in [0.1, 0.15) is 0 Å². The van der Waals surface area contributed by atoms with Gasteiger partial charge in [-0.2, -0.15) is 0 Å². The zero-order valence-corrected chi connectivity index (χ0v) is 13.0. The van der Waals surface area contributed by atoms with Gasteiger partial charge in [0, 0.05) is 15.6 Å². The summed E-state index contributed by atoms with van der Waals surface area (Å²) in [5.41, 5.74) is 0. The van der Waals surface area contributed by atoms with Gasteiger partial charge in [-0.25, -0.2) is 0 Å². The molecule has 1 aliphatic rings. The molecule has 102 valence electrons. The van der Waals surface area contributed by atoms with Crippen molar-refractivity contribution in [2.24, 2.45) is 3.77 Å². The number of rotatable bonds is 2. The van der Waals surface area contributed by atoms with Gasteiger partial charge in [-0.15, -0.1) is 0 Å². The molecule has 3 heteroatoms. The number of nitrogens with zero attached hydrogens (tertiary/aromatic N) is 1. The Morgan fingerprint density at radius 2 is 1.29 bits per heavy atom. The summed E-state index contributed by atoms with van der Waals surface area (Å²) in [4.78, 5) is 5.35. The summed E-state index contributed by atoms with van der Waals surface area (Å²) < 4.78 is 5.15. The molecule has 0 spiro atoms. The smallest absolute Gasteiger partial charge is 0.0622 e. The van der Waals surface area contributed by atoms with Crippen molar-refractivity contribution < 1.29 is 0 Å². The Morgan fingerprint density at radius 3 is 2.05 bits per heavy atom. The lowest BCUT2D eigenvalue weighted by molar-refractivity contribution is 1.23. The summed E-state index contributed by atoms with van der Waals surface area (Å²) in [6, 6.07) is 29.9. The van der Waals surface area contributed by atoms with Crippen molar-refractivity contribution in [3.8, 4) is 0 Å². The molecule has 2 atom stereocenters. The van der Waals surface area contributed by atoms with Crippen molar-refractivity contribution in [1.82, 2.24) is 0 Å². The Kier molecular flexibility index (Phi) is 3.37. The maximum absolute atomic E-state index is 5.15. The van der Waals surface area contributed by atoms with Crippen molar-refractivity contribution >= 4 is 21.8 Å². The van der Waals surface area contributed by atoms with Gasteiger partial charge < -0.3 is 0 Å². The fourth-order valence-corrected chi connectivity index (χ4v) is 7.03. The molecule has 3 aromatic carbocycles. The van der Waals surface area contributed by atoms with Crippen molar-refractivity contribution in [3.05, 3.63) is 84.9 Å². The van der Waals surface area contributed by atoms with Crippen LogP contribution in [0, 0.1) is 0 Å².